The molecule has 6 nitrogen and oxygen atoms in total. The molecule has 0 aliphatic carbocycles. The fourth-order valence-corrected chi connectivity index (χ4v) is 2.18. The first-order chi connectivity index (χ1) is 9.40. The van der Waals surface area contributed by atoms with Crippen LogP contribution in [0.2, 0.25) is 10.0 Å². The second-order valence-corrected chi connectivity index (χ2v) is 4.76. The lowest BCUT2D eigenvalue weighted by Crippen LogP contribution is -2.13. The summed E-state index contributed by atoms with van der Waals surface area (Å²) in [7, 11) is 0. The van der Waals surface area contributed by atoms with Crippen LogP contribution in [0.15, 0.2) is 24.5 Å². The quantitative estimate of drug-likeness (QED) is 0.905. The number of aromatic carboxylic acids is 2. The zero-order chi connectivity index (χ0) is 14.9. The SMILES string of the molecule is O=C(O)c1ncn(Cc2ccc(Cl)cc2Cl)c1C(=O)O. The van der Waals surface area contributed by atoms with Gasteiger partial charge in [-0.2, -0.15) is 0 Å². The molecule has 0 atom stereocenters. The molecule has 2 aromatic rings. The normalized spacial score (nSPS) is 10.5. The lowest BCUT2D eigenvalue weighted by Gasteiger charge is -2.08. The minimum absolute atomic E-state index is 0.0813. The van der Waals surface area contributed by atoms with E-state index in [4.69, 9.17) is 33.4 Å². The van der Waals surface area contributed by atoms with Crippen LogP contribution in [0.4, 0.5) is 0 Å². The van der Waals surface area contributed by atoms with Crippen LogP contribution in [0.25, 0.3) is 0 Å². The van der Waals surface area contributed by atoms with E-state index in [2.05, 4.69) is 4.98 Å². The first kappa shape index (κ1) is 14.4. The third-order valence-electron chi connectivity index (χ3n) is 2.60. The predicted molar refractivity (Wildman–Crippen MR) is 71.7 cm³/mol. The Labute approximate surface area is 123 Å². The van der Waals surface area contributed by atoms with Crippen LogP contribution in [0.1, 0.15) is 26.5 Å². The molecule has 0 saturated heterocycles. The summed E-state index contributed by atoms with van der Waals surface area (Å²) in [6.45, 7) is 0.0813. The molecule has 8 heteroatoms. The molecule has 1 aromatic carbocycles. The van der Waals surface area contributed by atoms with Gasteiger partial charge in [0.2, 0.25) is 0 Å². The van der Waals surface area contributed by atoms with Gasteiger partial charge >= 0.3 is 11.9 Å². The van der Waals surface area contributed by atoms with Crippen molar-refractivity contribution in [2.24, 2.45) is 0 Å². The van der Waals surface area contributed by atoms with Crippen LogP contribution in [0.3, 0.4) is 0 Å². The first-order valence-electron chi connectivity index (χ1n) is 5.35. The van der Waals surface area contributed by atoms with Crippen molar-refractivity contribution in [3.8, 4) is 0 Å². The third-order valence-corrected chi connectivity index (χ3v) is 3.19. The van der Waals surface area contributed by atoms with E-state index in [0.29, 0.717) is 15.6 Å². The Morgan fingerprint density at radius 2 is 1.90 bits per heavy atom. The summed E-state index contributed by atoms with van der Waals surface area (Å²) in [6.07, 6.45) is 1.15. The lowest BCUT2D eigenvalue weighted by atomic mass is 10.2. The second-order valence-electron chi connectivity index (χ2n) is 3.92. The molecule has 0 radical (unpaired) electrons. The third kappa shape index (κ3) is 2.76. The highest BCUT2D eigenvalue weighted by molar-refractivity contribution is 6.35. The van der Waals surface area contributed by atoms with Gasteiger partial charge in [0.15, 0.2) is 11.4 Å². The molecule has 0 aliphatic heterocycles. The molecule has 1 aromatic heterocycles. The molecule has 0 aliphatic rings. The maximum Gasteiger partial charge on any atom is 0.357 e. The van der Waals surface area contributed by atoms with Gasteiger partial charge in [-0.05, 0) is 17.7 Å². The minimum Gasteiger partial charge on any atom is -0.476 e. The highest BCUT2D eigenvalue weighted by Crippen LogP contribution is 2.22. The van der Waals surface area contributed by atoms with Crippen molar-refractivity contribution in [3.63, 3.8) is 0 Å². The average molecular weight is 315 g/mol. The zero-order valence-corrected chi connectivity index (χ0v) is 11.4. The highest BCUT2D eigenvalue weighted by atomic mass is 35.5. The van der Waals surface area contributed by atoms with E-state index in [-0.39, 0.29) is 6.54 Å². The monoisotopic (exact) mass is 314 g/mol. The number of carboxylic acid groups (broad SMARTS) is 2. The van der Waals surface area contributed by atoms with E-state index < -0.39 is 23.3 Å². The van der Waals surface area contributed by atoms with Crippen LogP contribution < -0.4 is 0 Å². The fraction of sp³-hybridized carbons (Fsp3) is 0.0833. The molecule has 20 heavy (non-hydrogen) atoms. The fourth-order valence-electron chi connectivity index (χ4n) is 1.72. The van der Waals surface area contributed by atoms with Gasteiger partial charge in [-0.1, -0.05) is 29.3 Å². The Hall–Kier alpha value is -2.05. The van der Waals surface area contributed by atoms with E-state index in [1.807, 2.05) is 0 Å². The van der Waals surface area contributed by atoms with Crippen LogP contribution in [0.5, 0.6) is 0 Å². The summed E-state index contributed by atoms with van der Waals surface area (Å²) >= 11 is 11.8. The first-order valence-corrected chi connectivity index (χ1v) is 6.11. The lowest BCUT2D eigenvalue weighted by molar-refractivity contribution is 0.0640. The molecule has 104 valence electrons. The van der Waals surface area contributed by atoms with Gasteiger partial charge in [-0.3, -0.25) is 0 Å². The van der Waals surface area contributed by atoms with Gasteiger partial charge in [-0.25, -0.2) is 14.6 Å². The van der Waals surface area contributed by atoms with E-state index >= 15 is 0 Å². The molecule has 0 fully saturated rings. The molecule has 2 rings (SSSR count). The van der Waals surface area contributed by atoms with Crippen molar-refractivity contribution in [1.82, 2.24) is 9.55 Å². The average Bonchev–Trinajstić information content (AvgIpc) is 2.76. The van der Waals surface area contributed by atoms with Crippen LogP contribution in [-0.4, -0.2) is 31.7 Å². The van der Waals surface area contributed by atoms with Crippen molar-refractivity contribution in [2.75, 3.05) is 0 Å². The summed E-state index contributed by atoms with van der Waals surface area (Å²) in [5, 5.41) is 18.8. The maximum atomic E-state index is 11.2. The van der Waals surface area contributed by atoms with Crippen molar-refractivity contribution in [3.05, 3.63) is 51.5 Å². The van der Waals surface area contributed by atoms with Crippen molar-refractivity contribution in [1.29, 1.82) is 0 Å². The molecule has 1 heterocycles. The largest absolute Gasteiger partial charge is 0.476 e. The van der Waals surface area contributed by atoms with Crippen molar-refractivity contribution < 1.29 is 19.8 Å². The van der Waals surface area contributed by atoms with Crippen molar-refractivity contribution >= 4 is 35.1 Å². The number of hydrogen-bond acceptors (Lipinski definition) is 3. The zero-order valence-electron chi connectivity index (χ0n) is 9.88. The topological polar surface area (TPSA) is 92.4 Å². The van der Waals surface area contributed by atoms with Gasteiger partial charge in [0.25, 0.3) is 0 Å². The van der Waals surface area contributed by atoms with Gasteiger partial charge in [0.1, 0.15) is 0 Å². The second kappa shape index (κ2) is 5.52. The van der Waals surface area contributed by atoms with Crippen LogP contribution in [0, 0.1) is 0 Å². The molecule has 2 N–H and O–H groups in total. The summed E-state index contributed by atoms with van der Waals surface area (Å²) in [6, 6.07) is 4.77. The number of aromatic nitrogens is 2. The molecule has 0 amide bonds. The number of carboxylic acids is 2. The van der Waals surface area contributed by atoms with Gasteiger partial charge in [0, 0.05) is 10.0 Å². The van der Waals surface area contributed by atoms with E-state index in [1.54, 1.807) is 12.1 Å². The van der Waals surface area contributed by atoms with E-state index in [0.717, 1.165) is 6.33 Å². The summed E-state index contributed by atoms with van der Waals surface area (Å²) in [5.41, 5.74) is -0.306. The standard InChI is InChI=1S/C12H8Cl2N2O4/c13-7-2-1-6(8(14)3-7)4-16-5-15-9(11(17)18)10(16)12(19)20/h1-3,5H,4H2,(H,17,18)(H,19,20). The molecule has 0 unspecified atom stereocenters. The molecular weight excluding hydrogens is 307 g/mol. The summed E-state index contributed by atoms with van der Waals surface area (Å²) in [4.78, 5) is 25.7. The number of benzene rings is 1. The van der Waals surface area contributed by atoms with Gasteiger partial charge in [-0.15, -0.1) is 0 Å². The molecule has 0 saturated carbocycles. The Balaban J connectivity index is 2.43. The number of imidazole rings is 1. The number of carbonyl (C=O) groups is 2. The minimum atomic E-state index is -1.40. The Kier molecular flexibility index (Phi) is 3.96. The molecule has 0 bridgehead atoms. The predicted octanol–water partition coefficient (Wildman–Crippen LogP) is 2.63. The number of hydrogen-bond donors (Lipinski definition) is 2. The number of nitrogens with zero attached hydrogens (tertiary/aromatic N) is 2. The highest BCUT2D eigenvalue weighted by Gasteiger charge is 2.23. The Morgan fingerprint density at radius 1 is 1.20 bits per heavy atom. The molecule has 0 spiro atoms. The maximum absolute atomic E-state index is 11.2. The Morgan fingerprint density at radius 3 is 2.45 bits per heavy atom. The summed E-state index contributed by atoms with van der Waals surface area (Å²) < 4.78 is 1.21. The van der Waals surface area contributed by atoms with Gasteiger partial charge in [0.05, 0.1) is 12.9 Å². The van der Waals surface area contributed by atoms with E-state index in [9.17, 15) is 9.59 Å². The smallest absolute Gasteiger partial charge is 0.357 e. The van der Waals surface area contributed by atoms with E-state index in [1.165, 1.54) is 10.6 Å². The summed E-state index contributed by atoms with van der Waals surface area (Å²) in [5.74, 6) is -2.77. The Bertz CT molecular complexity index is 697. The number of rotatable bonds is 4. The van der Waals surface area contributed by atoms with Crippen LogP contribution in [-0.2, 0) is 6.54 Å². The van der Waals surface area contributed by atoms with Crippen molar-refractivity contribution in [2.45, 2.75) is 6.54 Å². The number of halogens is 2. The van der Waals surface area contributed by atoms with Crippen LogP contribution >= 0.6 is 23.2 Å². The molecular formula is C12H8Cl2N2O4. The van der Waals surface area contributed by atoms with Gasteiger partial charge < -0.3 is 14.8 Å².